The van der Waals surface area contributed by atoms with Crippen LogP contribution in [0.4, 0.5) is 4.39 Å². The molecule has 0 unspecified atom stereocenters. The molecule has 0 heterocycles. The molecule has 44 heavy (non-hydrogen) atoms. The van der Waals surface area contributed by atoms with Crippen molar-refractivity contribution in [3.63, 3.8) is 0 Å². The maximum atomic E-state index is 14.7. The van der Waals surface area contributed by atoms with Crippen LogP contribution in [0.1, 0.15) is 109 Å². The van der Waals surface area contributed by atoms with Gasteiger partial charge in [-0.3, -0.25) is 4.79 Å². The van der Waals surface area contributed by atoms with Crippen molar-refractivity contribution in [2.24, 2.45) is 0 Å². The van der Waals surface area contributed by atoms with E-state index >= 15 is 0 Å². The van der Waals surface area contributed by atoms with Gasteiger partial charge in [0.1, 0.15) is 12.3 Å². The van der Waals surface area contributed by atoms with E-state index in [4.69, 9.17) is 4.74 Å². The fourth-order valence-corrected chi connectivity index (χ4v) is 5.84. The van der Waals surface area contributed by atoms with E-state index in [0.717, 1.165) is 47.6 Å². The number of fused-ring (bicyclic) bond motifs is 1. The number of carbonyl (C=O) groups excluding carboxylic acids is 1. The van der Waals surface area contributed by atoms with Crippen LogP contribution in [0.25, 0.3) is 33.0 Å². The third kappa shape index (κ3) is 9.78. The Labute approximate surface area is 265 Å². The number of hydrogen-bond acceptors (Lipinski definition) is 2. The smallest absolute Gasteiger partial charge is 0.313 e. The number of ether oxygens (including phenoxy) is 1. The second-order valence-electron chi connectivity index (χ2n) is 12.8. The zero-order valence-electron chi connectivity index (χ0n) is 27.3. The topological polar surface area (TPSA) is 26.3 Å². The number of hydrogen-bond donors (Lipinski definition) is 0. The Bertz CT molecular complexity index is 1450. The number of carbonyl (C=O) groups is 1. The zero-order chi connectivity index (χ0) is 31.4. The van der Waals surface area contributed by atoms with Gasteiger partial charge in [0.05, 0.1) is 5.92 Å². The van der Waals surface area contributed by atoms with Crippen molar-refractivity contribution in [1.29, 1.82) is 0 Å². The van der Waals surface area contributed by atoms with Gasteiger partial charge in [0, 0.05) is 0 Å². The van der Waals surface area contributed by atoms with Gasteiger partial charge >= 0.3 is 5.97 Å². The summed E-state index contributed by atoms with van der Waals surface area (Å²) in [6, 6.07) is 30.3. The van der Waals surface area contributed by atoms with Crippen LogP contribution in [0.15, 0.2) is 84.9 Å². The van der Waals surface area contributed by atoms with E-state index in [9.17, 15) is 9.18 Å². The van der Waals surface area contributed by atoms with Gasteiger partial charge in [-0.25, -0.2) is 4.39 Å². The van der Waals surface area contributed by atoms with E-state index in [-0.39, 0.29) is 12.6 Å². The number of unbranched alkanes of at least 4 members (excludes halogenated alkanes) is 7. The molecule has 0 N–H and O–H groups in total. The molecule has 4 rings (SSSR count). The summed E-state index contributed by atoms with van der Waals surface area (Å²) in [6.07, 6.45) is 12.4. The molecule has 4 aromatic carbocycles. The third-order valence-corrected chi connectivity index (χ3v) is 8.86. The van der Waals surface area contributed by atoms with Crippen LogP contribution in [-0.2, 0) is 16.0 Å². The van der Waals surface area contributed by atoms with E-state index in [1.54, 1.807) is 0 Å². The number of benzene rings is 4. The fraction of sp³-hybridized carbons (Fsp3) is 0.439. The normalized spacial score (nSPS) is 13.5. The molecule has 3 heteroatoms. The van der Waals surface area contributed by atoms with Crippen molar-refractivity contribution in [2.75, 3.05) is 6.61 Å². The lowest BCUT2D eigenvalue weighted by molar-refractivity contribution is -0.149. The van der Waals surface area contributed by atoms with E-state index < -0.39 is 11.6 Å². The van der Waals surface area contributed by atoms with Crippen molar-refractivity contribution in [3.8, 4) is 22.3 Å². The lowest BCUT2D eigenvalue weighted by Crippen LogP contribution is -2.28. The molecule has 0 spiro atoms. The molecule has 0 amide bonds. The Morgan fingerprint density at radius 2 is 1.20 bits per heavy atom. The first-order chi connectivity index (χ1) is 21.3. The maximum Gasteiger partial charge on any atom is 0.313 e. The highest BCUT2D eigenvalue weighted by molar-refractivity contribution is 5.89. The van der Waals surface area contributed by atoms with E-state index in [2.05, 4.69) is 86.6 Å². The molecule has 0 aliphatic heterocycles. The van der Waals surface area contributed by atoms with Gasteiger partial charge in [0.25, 0.3) is 0 Å². The number of halogens is 1. The molecule has 0 aliphatic rings. The second-order valence-corrected chi connectivity index (χ2v) is 12.8. The molecule has 0 aromatic heterocycles. The number of esters is 1. The van der Waals surface area contributed by atoms with Gasteiger partial charge in [-0.15, -0.1) is 0 Å². The maximum absolute atomic E-state index is 14.7. The molecule has 0 saturated carbocycles. The Morgan fingerprint density at radius 3 is 1.89 bits per heavy atom. The van der Waals surface area contributed by atoms with Gasteiger partial charge in [0.2, 0.25) is 0 Å². The average Bonchev–Trinajstić information content (AvgIpc) is 3.05. The molecule has 234 valence electrons. The molecule has 0 bridgehead atoms. The SMILES string of the molecule is CCCCCCCCc1ccc(-c2ccc(-c3ccc4cc([C@H](C)C(=O)OC[C@@](C)(F)CCCCC)ccc4c3)cc2)cc1. The summed E-state index contributed by atoms with van der Waals surface area (Å²) in [6.45, 7) is 7.52. The van der Waals surface area contributed by atoms with Crippen molar-refractivity contribution in [3.05, 3.63) is 96.1 Å². The quantitative estimate of drug-likeness (QED) is 0.0898. The summed E-state index contributed by atoms with van der Waals surface area (Å²) < 4.78 is 20.2. The number of rotatable bonds is 17. The minimum atomic E-state index is -1.49. The van der Waals surface area contributed by atoms with Crippen molar-refractivity contribution in [2.45, 2.75) is 110 Å². The van der Waals surface area contributed by atoms with Crippen molar-refractivity contribution in [1.82, 2.24) is 0 Å². The van der Waals surface area contributed by atoms with E-state index in [1.807, 2.05) is 19.1 Å². The van der Waals surface area contributed by atoms with E-state index in [0.29, 0.717) is 6.42 Å². The van der Waals surface area contributed by atoms with E-state index in [1.165, 1.54) is 67.7 Å². The summed E-state index contributed by atoms with van der Waals surface area (Å²) in [4.78, 5) is 12.7. The Hall–Kier alpha value is -3.46. The highest BCUT2D eigenvalue weighted by Gasteiger charge is 2.27. The Balaban J connectivity index is 1.34. The Kier molecular flexibility index (Phi) is 12.6. The van der Waals surface area contributed by atoms with Crippen LogP contribution in [0.2, 0.25) is 0 Å². The van der Waals surface area contributed by atoms with Crippen LogP contribution >= 0.6 is 0 Å². The zero-order valence-corrected chi connectivity index (χ0v) is 27.3. The standard InChI is InChI=1S/C41H51FO2/c1-5-7-9-10-11-12-14-32-15-17-33(18-16-32)34-19-21-35(22-20-34)37-25-26-38-28-36(23-24-39(38)29-37)31(3)40(43)44-30-41(4,42)27-13-8-6-2/h15-26,28-29,31H,5-14,27,30H2,1-4H3/t31-,41-/m0/s1. The molecule has 0 aliphatic carbocycles. The van der Waals surface area contributed by atoms with Crippen LogP contribution in [0, 0.1) is 0 Å². The largest absolute Gasteiger partial charge is 0.462 e. The third-order valence-electron chi connectivity index (χ3n) is 8.86. The predicted octanol–water partition coefficient (Wildman–Crippen LogP) is 12.0. The van der Waals surface area contributed by atoms with Gasteiger partial charge in [-0.05, 0) is 83.3 Å². The summed E-state index contributed by atoms with van der Waals surface area (Å²) in [7, 11) is 0. The minimum absolute atomic E-state index is 0.194. The monoisotopic (exact) mass is 594 g/mol. The molecule has 0 saturated heterocycles. The first kappa shape index (κ1) is 33.4. The predicted molar refractivity (Wildman–Crippen MR) is 185 cm³/mol. The van der Waals surface area contributed by atoms with Crippen molar-refractivity contribution >= 4 is 16.7 Å². The fourth-order valence-electron chi connectivity index (χ4n) is 5.84. The average molecular weight is 595 g/mol. The molecule has 2 atom stereocenters. The Morgan fingerprint density at radius 1 is 0.682 bits per heavy atom. The minimum Gasteiger partial charge on any atom is -0.462 e. The highest BCUT2D eigenvalue weighted by atomic mass is 19.1. The molecule has 4 aromatic rings. The van der Waals surface area contributed by atoms with Crippen LogP contribution in [0.3, 0.4) is 0 Å². The van der Waals surface area contributed by atoms with Gasteiger partial charge in [0.15, 0.2) is 0 Å². The highest BCUT2D eigenvalue weighted by Crippen LogP contribution is 2.30. The summed E-state index contributed by atoms with van der Waals surface area (Å²) in [5, 5.41) is 2.18. The number of aryl methyl sites for hydroxylation is 1. The second kappa shape index (κ2) is 16.6. The first-order valence-corrected chi connectivity index (χ1v) is 16.9. The van der Waals surface area contributed by atoms with Crippen LogP contribution in [-0.4, -0.2) is 18.2 Å². The molecule has 0 radical (unpaired) electrons. The summed E-state index contributed by atoms with van der Waals surface area (Å²) >= 11 is 0. The van der Waals surface area contributed by atoms with Gasteiger partial charge < -0.3 is 4.74 Å². The summed E-state index contributed by atoms with van der Waals surface area (Å²) in [5.41, 5.74) is 5.61. The van der Waals surface area contributed by atoms with Crippen molar-refractivity contribution < 1.29 is 13.9 Å². The van der Waals surface area contributed by atoms with Gasteiger partial charge in [-0.2, -0.15) is 0 Å². The van der Waals surface area contributed by atoms with Crippen LogP contribution in [0.5, 0.6) is 0 Å². The molecular weight excluding hydrogens is 543 g/mol. The molecule has 0 fully saturated rings. The lowest BCUT2D eigenvalue weighted by atomic mass is 9.94. The van der Waals surface area contributed by atoms with Crippen LogP contribution < -0.4 is 0 Å². The molecular formula is C41H51FO2. The lowest BCUT2D eigenvalue weighted by Gasteiger charge is -2.21. The first-order valence-electron chi connectivity index (χ1n) is 16.9. The number of alkyl halides is 1. The summed E-state index contributed by atoms with van der Waals surface area (Å²) in [5.74, 6) is -0.837. The molecule has 2 nitrogen and oxygen atoms in total. The van der Waals surface area contributed by atoms with Gasteiger partial charge in [-0.1, -0.05) is 144 Å².